The van der Waals surface area contributed by atoms with Gasteiger partial charge in [-0.1, -0.05) is 35.4 Å². The first-order valence-electron chi connectivity index (χ1n) is 7.36. The zero-order valence-corrected chi connectivity index (χ0v) is 14.6. The van der Waals surface area contributed by atoms with E-state index >= 15 is 0 Å². The number of rotatable bonds is 3. The van der Waals surface area contributed by atoms with Gasteiger partial charge in [-0.2, -0.15) is 18.2 Å². The molecular weight excluding hydrogens is 343 g/mol. The summed E-state index contributed by atoms with van der Waals surface area (Å²) < 4.78 is 0. The Labute approximate surface area is 152 Å². The van der Waals surface area contributed by atoms with Crippen LogP contribution < -0.4 is 0 Å². The molecule has 0 saturated carbocycles. The first kappa shape index (κ1) is 19.5. The Balaban J connectivity index is 0.000000412. The molecule has 0 saturated heterocycles. The SMILES string of the molecule is Cc1ccc(N=NN=Nc2ccc(C)cc2)cc1.[Ni].c1cc[cH-]c1. The minimum absolute atomic E-state index is 0. The molecule has 0 fully saturated rings. The minimum Gasteiger partial charge on any atom is -0.214 e. The molecule has 0 N–H and O–H groups in total. The topological polar surface area (TPSA) is 49.4 Å². The molecule has 3 aromatic rings. The van der Waals surface area contributed by atoms with Crippen molar-refractivity contribution in [3.63, 3.8) is 0 Å². The van der Waals surface area contributed by atoms with Gasteiger partial charge in [-0.25, -0.2) is 12.1 Å². The summed E-state index contributed by atoms with van der Waals surface area (Å²) in [5, 5.41) is 15.2. The number of hydrogen-bond donors (Lipinski definition) is 0. The standard InChI is InChI=1S/C14H14N4.C5H5.Ni/c1-11-3-7-13(8-4-11)15-17-18-16-14-9-5-12(2)6-10-14;1-2-4-5-3-1;/h3-10H,1-2H3;1-5H;/q;-1;. The minimum atomic E-state index is 0. The third-order valence-corrected chi connectivity index (χ3v) is 2.98. The molecular formula is C19H19N4Ni-. The Morgan fingerprint density at radius 3 is 1.29 bits per heavy atom. The predicted octanol–water partition coefficient (Wildman–Crippen LogP) is 6.49. The summed E-state index contributed by atoms with van der Waals surface area (Å²) in [4.78, 5) is 0. The van der Waals surface area contributed by atoms with Gasteiger partial charge in [0.25, 0.3) is 0 Å². The summed E-state index contributed by atoms with van der Waals surface area (Å²) in [6, 6.07) is 25.5. The first-order chi connectivity index (χ1) is 11.2. The van der Waals surface area contributed by atoms with Crippen LogP contribution in [0.4, 0.5) is 11.4 Å². The van der Waals surface area contributed by atoms with Gasteiger partial charge in [0.15, 0.2) is 0 Å². The van der Waals surface area contributed by atoms with Crippen molar-refractivity contribution in [2.24, 2.45) is 20.7 Å². The van der Waals surface area contributed by atoms with Crippen LogP contribution in [0.15, 0.2) is 99.5 Å². The molecule has 0 aliphatic rings. The van der Waals surface area contributed by atoms with Crippen molar-refractivity contribution in [1.29, 1.82) is 0 Å². The Bertz CT molecular complexity index is 659. The average Bonchev–Trinajstić information content (AvgIpc) is 3.15. The molecule has 0 unspecified atom stereocenters. The molecule has 126 valence electrons. The van der Waals surface area contributed by atoms with E-state index in [1.165, 1.54) is 11.1 Å². The van der Waals surface area contributed by atoms with E-state index in [2.05, 4.69) is 20.7 Å². The molecule has 0 radical (unpaired) electrons. The van der Waals surface area contributed by atoms with E-state index in [0.29, 0.717) is 0 Å². The zero-order chi connectivity index (χ0) is 16.3. The van der Waals surface area contributed by atoms with Crippen molar-refractivity contribution in [2.75, 3.05) is 0 Å². The van der Waals surface area contributed by atoms with E-state index in [1.807, 2.05) is 92.7 Å². The summed E-state index contributed by atoms with van der Waals surface area (Å²) in [6.07, 6.45) is 0. The van der Waals surface area contributed by atoms with Gasteiger partial charge in [-0.3, -0.25) is 0 Å². The molecule has 0 aliphatic carbocycles. The van der Waals surface area contributed by atoms with E-state index < -0.39 is 0 Å². The van der Waals surface area contributed by atoms with Crippen molar-refractivity contribution in [3.8, 4) is 0 Å². The third kappa shape index (κ3) is 7.66. The zero-order valence-electron chi connectivity index (χ0n) is 13.6. The maximum atomic E-state index is 3.94. The fourth-order valence-electron chi connectivity index (χ4n) is 1.69. The Kier molecular flexibility index (Phi) is 9.02. The van der Waals surface area contributed by atoms with Crippen molar-refractivity contribution in [2.45, 2.75) is 13.8 Å². The van der Waals surface area contributed by atoms with Gasteiger partial charge >= 0.3 is 0 Å². The van der Waals surface area contributed by atoms with Crippen molar-refractivity contribution >= 4 is 11.4 Å². The predicted molar refractivity (Wildman–Crippen MR) is 93.4 cm³/mol. The van der Waals surface area contributed by atoms with Gasteiger partial charge in [0.2, 0.25) is 0 Å². The maximum absolute atomic E-state index is 3.94. The van der Waals surface area contributed by atoms with Crippen LogP contribution in [-0.2, 0) is 16.5 Å². The molecule has 0 heterocycles. The molecule has 5 heteroatoms. The van der Waals surface area contributed by atoms with Crippen LogP contribution in [0.25, 0.3) is 0 Å². The summed E-state index contributed by atoms with van der Waals surface area (Å²) in [7, 11) is 0. The van der Waals surface area contributed by atoms with Crippen LogP contribution >= 0.6 is 0 Å². The Morgan fingerprint density at radius 2 is 1.00 bits per heavy atom. The van der Waals surface area contributed by atoms with E-state index in [0.717, 1.165) is 11.4 Å². The molecule has 0 atom stereocenters. The molecule has 0 aliphatic heterocycles. The summed E-state index contributed by atoms with van der Waals surface area (Å²) in [5.74, 6) is 0. The van der Waals surface area contributed by atoms with Crippen LogP contribution in [-0.4, -0.2) is 0 Å². The van der Waals surface area contributed by atoms with E-state index in [1.54, 1.807) is 0 Å². The Morgan fingerprint density at radius 1 is 0.625 bits per heavy atom. The van der Waals surface area contributed by atoms with Gasteiger partial charge < -0.3 is 0 Å². The Hall–Kier alpha value is -2.52. The number of nitrogens with zero attached hydrogens (tertiary/aromatic N) is 4. The second-order valence-corrected chi connectivity index (χ2v) is 5.01. The fraction of sp³-hybridized carbons (Fsp3) is 0.105. The molecule has 3 aromatic carbocycles. The molecule has 0 aromatic heterocycles. The summed E-state index contributed by atoms with van der Waals surface area (Å²) >= 11 is 0. The normalized spacial score (nSPS) is 10.2. The van der Waals surface area contributed by atoms with Gasteiger partial charge in [0.1, 0.15) is 0 Å². The van der Waals surface area contributed by atoms with E-state index in [4.69, 9.17) is 0 Å². The fourth-order valence-corrected chi connectivity index (χ4v) is 1.69. The van der Waals surface area contributed by atoms with Crippen LogP contribution in [0.5, 0.6) is 0 Å². The van der Waals surface area contributed by atoms with Crippen molar-refractivity contribution in [3.05, 3.63) is 90.0 Å². The second kappa shape index (κ2) is 11.1. The van der Waals surface area contributed by atoms with Gasteiger partial charge in [-0.15, -0.1) is 10.2 Å². The monoisotopic (exact) mass is 361 g/mol. The molecule has 4 nitrogen and oxygen atoms in total. The third-order valence-electron chi connectivity index (χ3n) is 2.98. The second-order valence-electron chi connectivity index (χ2n) is 5.01. The van der Waals surface area contributed by atoms with Crippen molar-refractivity contribution in [1.82, 2.24) is 0 Å². The average molecular weight is 362 g/mol. The van der Waals surface area contributed by atoms with Crippen LogP contribution in [0.2, 0.25) is 0 Å². The van der Waals surface area contributed by atoms with Crippen LogP contribution in [0, 0.1) is 13.8 Å². The summed E-state index contributed by atoms with van der Waals surface area (Å²) in [5.41, 5.74) is 3.91. The maximum Gasteiger partial charge on any atom is 0.0875 e. The first-order valence-corrected chi connectivity index (χ1v) is 7.36. The largest absolute Gasteiger partial charge is 0.214 e. The smallest absolute Gasteiger partial charge is 0.0875 e. The number of aryl methyl sites for hydroxylation is 2. The molecule has 24 heavy (non-hydrogen) atoms. The molecule has 3 rings (SSSR count). The number of hydrogen-bond acceptors (Lipinski definition) is 2. The molecule has 0 bridgehead atoms. The summed E-state index contributed by atoms with van der Waals surface area (Å²) in [6.45, 7) is 4.05. The van der Waals surface area contributed by atoms with Gasteiger partial charge in [0, 0.05) is 16.5 Å². The van der Waals surface area contributed by atoms with E-state index in [-0.39, 0.29) is 16.5 Å². The van der Waals surface area contributed by atoms with Crippen LogP contribution in [0.3, 0.4) is 0 Å². The van der Waals surface area contributed by atoms with Crippen LogP contribution in [0.1, 0.15) is 11.1 Å². The van der Waals surface area contributed by atoms with E-state index in [9.17, 15) is 0 Å². The molecule has 0 spiro atoms. The van der Waals surface area contributed by atoms with Crippen molar-refractivity contribution < 1.29 is 16.5 Å². The van der Waals surface area contributed by atoms with Gasteiger partial charge in [-0.05, 0) is 48.6 Å². The molecule has 0 amide bonds. The quantitative estimate of drug-likeness (QED) is 0.221. The van der Waals surface area contributed by atoms with Gasteiger partial charge in [0.05, 0.1) is 11.4 Å². The number of benzene rings is 2.